The van der Waals surface area contributed by atoms with Gasteiger partial charge in [-0.15, -0.1) is 0 Å². The Bertz CT molecular complexity index is 332. The van der Waals surface area contributed by atoms with E-state index >= 15 is 0 Å². The van der Waals surface area contributed by atoms with E-state index in [0.29, 0.717) is 13.0 Å². The van der Waals surface area contributed by atoms with Crippen molar-refractivity contribution < 1.29 is 14.7 Å². The lowest BCUT2D eigenvalue weighted by Gasteiger charge is -2.27. The Balaban J connectivity index is 2.17. The van der Waals surface area contributed by atoms with Crippen molar-refractivity contribution in [3.63, 3.8) is 0 Å². The molecule has 1 fully saturated rings. The number of aliphatic carboxylic acids is 1. The van der Waals surface area contributed by atoms with Crippen LogP contribution in [0.4, 0.5) is 4.79 Å². The van der Waals surface area contributed by atoms with Crippen molar-refractivity contribution in [3.8, 4) is 0 Å². The molecule has 0 radical (unpaired) electrons. The summed E-state index contributed by atoms with van der Waals surface area (Å²) in [6.07, 6.45) is 1.21. The molecular formula is C13H26N4O3. The lowest BCUT2D eigenvalue weighted by atomic mass is 10.00. The summed E-state index contributed by atoms with van der Waals surface area (Å²) in [6.45, 7) is 8.86. The Morgan fingerprint density at radius 2 is 2.00 bits per heavy atom. The lowest BCUT2D eigenvalue weighted by Crippen LogP contribution is -2.55. The summed E-state index contributed by atoms with van der Waals surface area (Å²) in [5.74, 6) is -1.02. The van der Waals surface area contributed by atoms with Gasteiger partial charge in [-0.2, -0.15) is 0 Å². The van der Waals surface area contributed by atoms with Crippen LogP contribution in [0.3, 0.4) is 0 Å². The molecule has 1 unspecified atom stereocenters. The van der Waals surface area contributed by atoms with Crippen molar-refractivity contribution in [2.45, 2.75) is 32.2 Å². The van der Waals surface area contributed by atoms with Gasteiger partial charge in [0, 0.05) is 32.7 Å². The van der Waals surface area contributed by atoms with Gasteiger partial charge in [0.2, 0.25) is 0 Å². The fourth-order valence-corrected chi connectivity index (χ4v) is 2.03. The first kappa shape index (κ1) is 16.7. The van der Waals surface area contributed by atoms with Crippen molar-refractivity contribution in [2.24, 2.45) is 0 Å². The first-order valence-electron chi connectivity index (χ1n) is 7.20. The summed E-state index contributed by atoms with van der Waals surface area (Å²) in [5, 5.41) is 17.6. The molecule has 7 nitrogen and oxygen atoms in total. The molecule has 4 N–H and O–H groups in total. The lowest BCUT2D eigenvalue weighted by molar-refractivity contribution is -0.143. The summed E-state index contributed by atoms with van der Waals surface area (Å²) in [5.41, 5.74) is -1.21. The number of urea groups is 1. The van der Waals surface area contributed by atoms with Crippen molar-refractivity contribution in [2.75, 3.05) is 39.3 Å². The Kier molecular flexibility index (Phi) is 6.74. The maximum absolute atomic E-state index is 11.7. The van der Waals surface area contributed by atoms with Gasteiger partial charge in [-0.05, 0) is 26.3 Å². The second-order valence-corrected chi connectivity index (χ2v) is 5.32. The van der Waals surface area contributed by atoms with Crippen LogP contribution >= 0.6 is 0 Å². The number of nitrogens with zero attached hydrogens (tertiary/aromatic N) is 1. The van der Waals surface area contributed by atoms with Gasteiger partial charge < -0.3 is 26.0 Å². The van der Waals surface area contributed by atoms with E-state index in [1.807, 2.05) is 0 Å². The number of carbonyl (C=O) groups is 2. The molecule has 0 spiro atoms. The van der Waals surface area contributed by atoms with E-state index in [1.54, 1.807) is 6.92 Å². The molecular weight excluding hydrogens is 260 g/mol. The molecule has 1 aliphatic heterocycles. The molecule has 116 valence electrons. The standard InChI is InChI=1S/C13H26N4O3/c1-3-13(2,11(18)19)16-12(20)15-5-4-8-17-9-6-14-7-10-17/h14H,3-10H2,1-2H3,(H,18,19)(H2,15,16,20). The normalized spacial score (nSPS) is 19.1. The Hall–Kier alpha value is -1.34. The van der Waals surface area contributed by atoms with E-state index in [0.717, 1.165) is 39.1 Å². The maximum Gasteiger partial charge on any atom is 0.329 e. The summed E-state index contributed by atoms with van der Waals surface area (Å²) >= 11 is 0. The molecule has 0 aromatic carbocycles. The Morgan fingerprint density at radius 1 is 1.35 bits per heavy atom. The van der Waals surface area contributed by atoms with Gasteiger partial charge in [-0.1, -0.05) is 6.92 Å². The van der Waals surface area contributed by atoms with Gasteiger partial charge in [0.1, 0.15) is 5.54 Å². The molecule has 1 heterocycles. The predicted octanol–water partition coefficient (Wildman–Crippen LogP) is -0.166. The number of carbonyl (C=O) groups excluding carboxylic acids is 1. The predicted molar refractivity (Wildman–Crippen MR) is 76.8 cm³/mol. The van der Waals surface area contributed by atoms with Crippen LogP contribution in [-0.2, 0) is 4.79 Å². The Labute approximate surface area is 120 Å². The highest BCUT2D eigenvalue weighted by atomic mass is 16.4. The number of hydrogen-bond acceptors (Lipinski definition) is 4. The number of carboxylic acid groups (broad SMARTS) is 1. The van der Waals surface area contributed by atoms with Gasteiger partial charge in [-0.25, -0.2) is 9.59 Å². The fourth-order valence-electron chi connectivity index (χ4n) is 2.03. The molecule has 0 aliphatic carbocycles. The van der Waals surface area contributed by atoms with Crippen LogP contribution in [0.25, 0.3) is 0 Å². The summed E-state index contributed by atoms with van der Waals surface area (Å²) in [4.78, 5) is 25.1. The minimum Gasteiger partial charge on any atom is -0.480 e. The number of carboxylic acids is 1. The third-order valence-corrected chi connectivity index (χ3v) is 3.71. The topological polar surface area (TPSA) is 93.7 Å². The highest BCUT2D eigenvalue weighted by molar-refractivity contribution is 5.85. The maximum atomic E-state index is 11.7. The van der Waals surface area contributed by atoms with E-state index in [2.05, 4.69) is 20.9 Å². The highest BCUT2D eigenvalue weighted by Crippen LogP contribution is 2.08. The van der Waals surface area contributed by atoms with Crippen molar-refractivity contribution in [1.29, 1.82) is 0 Å². The zero-order chi connectivity index (χ0) is 15.0. The zero-order valence-corrected chi connectivity index (χ0v) is 12.4. The number of hydrogen-bond donors (Lipinski definition) is 4. The molecule has 2 amide bonds. The smallest absolute Gasteiger partial charge is 0.329 e. The summed E-state index contributed by atoms with van der Waals surface area (Å²) in [7, 11) is 0. The molecule has 7 heteroatoms. The SMILES string of the molecule is CCC(C)(NC(=O)NCCCN1CCNCC1)C(=O)O. The van der Waals surface area contributed by atoms with Gasteiger partial charge >= 0.3 is 12.0 Å². The van der Waals surface area contributed by atoms with Crippen molar-refractivity contribution in [3.05, 3.63) is 0 Å². The zero-order valence-electron chi connectivity index (χ0n) is 12.4. The number of rotatable bonds is 7. The molecule has 0 saturated carbocycles. The van der Waals surface area contributed by atoms with Crippen LogP contribution in [-0.4, -0.2) is 66.8 Å². The van der Waals surface area contributed by atoms with Crippen LogP contribution in [0.1, 0.15) is 26.7 Å². The quantitative estimate of drug-likeness (QED) is 0.488. The Morgan fingerprint density at radius 3 is 2.55 bits per heavy atom. The molecule has 0 aromatic rings. The molecule has 20 heavy (non-hydrogen) atoms. The molecule has 1 saturated heterocycles. The molecule has 1 rings (SSSR count). The van der Waals surface area contributed by atoms with Crippen molar-refractivity contribution >= 4 is 12.0 Å². The number of amides is 2. The van der Waals surface area contributed by atoms with Crippen molar-refractivity contribution in [1.82, 2.24) is 20.9 Å². The van der Waals surface area contributed by atoms with Gasteiger partial charge in [-0.3, -0.25) is 0 Å². The van der Waals surface area contributed by atoms with Crippen LogP contribution in [0.5, 0.6) is 0 Å². The minimum atomic E-state index is -1.21. The third kappa shape index (κ3) is 5.34. The van der Waals surface area contributed by atoms with E-state index in [4.69, 9.17) is 5.11 Å². The number of nitrogens with one attached hydrogen (secondary N) is 3. The average molecular weight is 286 g/mol. The molecule has 0 aromatic heterocycles. The summed E-state index contributed by atoms with van der Waals surface area (Å²) < 4.78 is 0. The van der Waals surface area contributed by atoms with Gasteiger partial charge in [0.15, 0.2) is 0 Å². The first-order chi connectivity index (χ1) is 9.48. The first-order valence-corrected chi connectivity index (χ1v) is 7.20. The van der Waals surface area contributed by atoms with E-state index < -0.39 is 17.5 Å². The second kappa shape index (κ2) is 8.06. The second-order valence-electron chi connectivity index (χ2n) is 5.32. The average Bonchev–Trinajstić information content (AvgIpc) is 2.44. The van der Waals surface area contributed by atoms with Crippen LogP contribution in [0, 0.1) is 0 Å². The van der Waals surface area contributed by atoms with Crippen LogP contribution in [0.15, 0.2) is 0 Å². The van der Waals surface area contributed by atoms with E-state index in [-0.39, 0.29) is 0 Å². The number of piperazine rings is 1. The fraction of sp³-hybridized carbons (Fsp3) is 0.846. The molecule has 0 bridgehead atoms. The molecule has 1 atom stereocenters. The largest absolute Gasteiger partial charge is 0.480 e. The van der Waals surface area contributed by atoms with Gasteiger partial charge in [0.25, 0.3) is 0 Å². The van der Waals surface area contributed by atoms with Gasteiger partial charge in [0.05, 0.1) is 0 Å². The third-order valence-electron chi connectivity index (χ3n) is 3.71. The monoisotopic (exact) mass is 286 g/mol. The van der Waals surface area contributed by atoms with Crippen LogP contribution < -0.4 is 16.0 Å². The van der Waals surface area contributed by atoms with E-state index in [1.165, 1.54) is 6.92 Å². The molecule has 1 aliphatic rings. The highest BCUT2D eigenvalue weighted by Gasteiger charge is 2.32. The van der Waals surface area contributed by atoms with E-state index in [9.17, 15) is 9.59 Å². The van der Waals surface area contributed by atoms with Crippen LogP contribution in [0.2, 0.25) is 0 Å². The summed E-state index contributed by atoms with van der Waals surface area (Å²) in [6, 6.07) is -0.419. The minimum absolute atomic E-state index is 0.344.